The lowest BCUT2D eigenvalue weighted by molar-refractivity contribution is -0.137. The molecule has 0 aliphatic carbocycles. The highest BCUT2D eigenvalue weighted by Gasteiger charge is 2.30. The average molecular weight is 405 g/mol. The number of aromatic nitrogens is 2. The normalized spacial score (nSPS) is 11.3. The van der Waals surface area contributed by atoms with Crippen molar-refractivity contribution in [1.82, 2.24) is 10.1 Å². The summed E-state index contributed by atoms with van der Waals surface area (Å²) in [6.07, 6.45) is -4.57. The van der Waals surface area contributed by atoms with Crippen LogP contribution in [0.1, 0.15) is 28.4 Å². The first kappa shape index (κ1) is 20.4. The number of hydrogen-bond acceptors (Lipinski definition) is 5. The molecule has 0 unspecified atom stereocenters. The van der Waals surface area contributed by atoms with Gasteiger partial charge in [0.1, 0.15) is 5.75 Å². The molecule has 6 nitrogen and oxygen atoms in total. The fourth-order valence-corrected chi connectivity index (χ4v) is 2.54. The number of anilines is 1. The third kappa shape index (κ3) is 5.56. The summed E-state index contributed by atoms with van der Waals surface area (Å²) < 4.78 is 48.4. The Kier molecular flexibility index (Phi) is 5.86. The molecule has 1 N–H and O–H groups in total. The zero-order valence-electron chi connectivity index (χ0n) is 15.7. The molecule has 0 aliphatic rings. The van der Waals surface area contributed by atoms with E-state index in [1.54, 1.807) is 0 Å². The van der Waals surface area contributed by atoms with E-state index in [1.165, 1.54) is 12.1 Å². The fourth-order valence-electron chi connectivity index (χ4n) is 2.54. The molecule has 9 heteroatoms. The molecular formula is C20H18F3N3O3. The summed E-state index contributed by atoms with van der Waals surface area (Å²) in [5.74, 6) is -0.0931. The van der Waals surface area contributed by atoms with Crippen molar-refractivity contribution in [2.45, 2.75) is 33.1 Å². The lowest BCUT2D eigenvalue weighted by Gasteiger charge is -2.08. The van der Waals surface area contributed by atoms with Crippen LogP contribution in [-0.4, -0.2) is 16.0 Å². The summed E-state index contributed by atoms with van der Waals surface area (Å²) >= 11 is 0. The quantitative estimate of drug-likeness (QED) is 0.655. The molecule has 152 valence electrons. The molecule has 0 spiro atoms. The molecule has 0 bridgehead atoms. The first-order valence-corrected chi connectivity index (χ1v) is 8.69. The number of ether oxygens (including phenoxy) is 1. The number of carbonyl (C=O) groups is 1. The average Bonchev–Trinajstić information content (AvgIpc) is 3.10. The Labute approximate surface area is 164 Å². The second-order valence-electron chi connectivity index (χ2n) is 6.46. The molecule has 1 heterocycles. The van der Waals surface area contributed by atoms with E-state index in [1.807, 2.05) is 32.0 Å². The molecule has 0 atom stereocenters. The van der Waals surface area contributed by atoms with Crippen LogP contribution in [0.5, 0.6) is 5.75 Å². The number of nitrogens with one attached hydrogen (secondary N) is 1. The Morgan fingerprint density at radius 3 is 2.72 bits per heavy atom. The maximum atomic E-state index is 12.7. The van der Waals surface area contributed by atoms with E-state index in [-0.39, 0.29) is 36.4 Å². The highest BCUT2D eigenvalue weighted by atomic mass is 19.4. The van der Waals surface area contributed by atoms with Gasteiger partial charge in [-0.1, -0.05) is 23.4 Å². The molecule has 0 saturated heterocycles. The van der Waals surface area contributed by atoms with Crippen LogP contribution < -0.4 is 10.1 Å². The van der Waals surface area contributed by atoms with E-state index in [0.717, 1.165) is 23.3 Å². The highest BCUT2D eigenvalue weighted by Crippen LogP contribution is 2.31. The van der Waals surface area contributed by atoms with Gasteiger partial charge in [-0.2, -0.15) is 18.2 Å². The Balaban J connectivity index is 1.57. The SMILES string of the molecule is Cc1ccc(C)c(NC(=O)Cc2noc(COc3cccc(C(F)(F)F)c3)n2)c1. The predicted octanol–water partition coefficient (Wildman–Crippen LogP) is 4.47. The van der Waals surface area contributed by atoms with Gasteiger partial charge in [0.25, 0.3) is 5.89 Å². The van der Waals surface area contributed by atoms with E-state index in [4.69, 9.17) is 9.26 Å². The van der Waals surface area contributed by atoms with Crippen molar-refractivity contribution in [1.29, 1.82) is 0 Å². The minimum Gasteiger partial charge on any atom is -0.484 e. The number of rotatable bonds is 6. The predicted molar refractivity (Wildman–Crippen MR) is 98.3 cm³/mol. The van der Waals surface area contributed by atoms with Crippen molar-refractivity contribution < 1.29 is 27.2 Å². The zero-order valence-corrected chi connectivity index (χ0v) is 15.7. The smallest absolute Gasteiger partial charge is 0.416 e. The monoisotopic (exact) mass is 405 g/mol. The molecule has 1 amide bonds. The minimum atomic E-state index is -4.46. The number of carbonyl (C=O) groups excluding carboxylic acids is 1. The maximum Gasteiger partial charge on any atom is 0.416 e. The first-order valence-electron chi connectivity index (χ1n) is 8.69. The molecule has 0 aliphatic heterocycles. The Morgan fingerprint density at radius 2 is 1.97 bits per heavy atom. The number of hydrogen-bond donors (Lipinski definition) is 1. The van der Waals surface area contributed by atoms with Crippen LogP contribution >= 0.6 is 0 Å². The number of amides is 1. The number of benzene rings is 2. The third-order valence-electron chi connectivity index (χ3n) is 4.02. The van der Waals surface area contributed by atoms with Gasteiger partial charge in [-0.05, 0) is 49.2 Å². The molecule has 3 aromatic rings. The van der Waals surface area contributed by atoms with Gasteiger partial charge in [-0.3, -0.25) is 4.79 Å². The molecular weight excluding hydrogens is 387 g/mol. The molecule has 2 aromatic carbocycles. The minimum absolute atomic E-state index is 0.0206. The number of aryl methyl sites for hydroxylation is 2. The van der Waals surface area contributed by atoms with Crippen LogP contribution in [0.2, 0.25) is 0 Å². The molecule has 29 heavy (non-hydrogen) atoms. The van der Waals surface area contributed by atoms with Gasteiger partial charge in [0.15, 0.2) is 12.4 Å². The third-order valence-corrected chi connectivity index (χ3v) is 4.02. The number of halogens is 3. The summed E-state index contributed by atoms with van der Waals surface area (Å²) in [5, 5.41) is 6.49. The standard InChI is InChI=1S/C20H18F3N3O3/c1-12-6-7-13(2)16(8-12)24-18(27)10-17-25-19(29-26-17)11-28-15-5-3-4-14(9-15)20(21,22)23/h3-9H,10-11H2,1-2H3,(H,24,27). The Hall–Kier alpha value is -3.36. The number of nitrogens with zero attached hydrogens (tertiary/aromatic N) is 2. The van der Waals surface area contributed by atoms with Crippen molar-refractivity contribution in [2.24, 2.45) is 0 Å². The second-order valence-corrected chi connectivity index (χ2v) is 6.46. The van der Waals surface area contributed by atoms with Crippen molar-refractivity contribution in [3.8, 4) is 5.75 Å². The zero-order chi connectivity index (χ0) is 21.0. The lowest BCUT2D eigenvalue weighted by Crippen LogP contribution is -2.16. The molecule has 0 radical (unpaired) electrons. The van der Waals surface area contributed by atoms with E-state index < -0.39 is 11.7 Å². The summed E-state index contributed by atoms with van der Waals surface area (Å²) in [4.78, 5) is 16.2. The van der Waals surface area contributed by atoms with Crippen LogP contribution in [0, 0.1) is 13.8 Å². The summed E-state index contributed by atoms with van der Waals surface area (Å²) in [5.41, 5.74) is 1.82. The van der Waals surface area contributed by atoms with E-state index >= 15 is 0 Å². The fraction of sp³-hybridized carbons (Fsp3) is 0.250. The van der Waals surface area contributed by atoms with Crippen LogP contribution in [0.15, 0.2) is 47.0 Å². The van der Waals surface area contributed by atoms with Gasteiger partial charge in [-0.15, -0.1) is 0 Å². The van der Waals surface area contributed by atoms with Crippen molar-refractivity contribution >= 4 is 11.6 Å². The van der Waals surface area contributed by atoms with Gasteiger partial charge in [0.05, 0.1) is 12.0 Å². The summed E-state index contributed by atoms with van der Waals surface area (Å²) in [6, 6.07) is 10.2. The van der Waals surface area contributed by atoms with E-state index in [2.05, 4.69) is 15.5 Å². The first-order chi connectivity index (χ1) is 13.7. The summed E-state index contributed by atoms with van der Waals surface area (Å²) in [7, 11) is 0. The Morgan fingerprint density at radius 1 is 1.17 bits per heavy atom. The molecule has 3 rings (SSSR count). The van der Waals surface area contributed by atoms with Crippen molar-refractivity contribution in [3.05, 3.63) is 70.9 Å². The molecule has 0 saturated carbocycles. The van der Waals surface area contributed by atoms with Gasteiger partial charge in [0, 0.05) is 5.69 Å². The largest absolute Gasteiger partial charge is 0.484 e. The highest BCUT2D eigenvalue weighted by molar-refractivity contribution is 5.92. The summed E-state index contributed by atoms with van der Waals surface area (Å²) in [6.45, 7) is 3.59. The molecule has 1 aromatic heterocycles. The van der Waals surface area contributed by atoms with Crippen LogP contribution in [-0.2, 0) is 24.0 Å². The lowest BCUT2D eigenvalue weighted by atomic mass is 10.1. The second kappa shape index (κ2) is 8.34. The maximum absolute atomic E-state index is 12.7. The van der Waals surface area contributed by atoms with Gasteiger partial charge in [0.2, 0.25) is 5.91 Å². The van der Waals surface area contributed by atoms with Crippen LogP contribution in [0.3, 0.4) is 0 Å². The topological polar surface area (TPSA) is 77.2 Å². The van der Waals surface area contributed by atoms with Gasteiger partial charge in [-0.25, -0.2) is 0 Å². The van der Waals surface area contributed by atoms with Gasteiger partial charge < -0.3 is 14.6 Å². The van der Waals surface area contributed by atoms with Gasteiger partial charge >= 0.3 is 6.18 Å². The van der Waals surface area contributed by atoms with Crippen molar-refractivity contribution in [2.75, 3.05) is 5.32 Å². The Bertz CT molecular complexity index is 1020. The van der Waals surface area contributed by atoms with E-state index in [9.17, 15) is 18.0 Å². The number of alkyl halides is 3. The van der Waals surface area contributed by atoms with E-state index in [0.29, 0.717) is 5.69 Å². The van der Waals surface area contributed by atoms with Crippen LogP contribution in [0.25, 0.3) is 0 Å². The van der Waals surface area contributed by atoms with Crippen molar-refractivity contribution in [3.63, 3.8) is 0 Å². The molecule has 0 fully saturated rings. The van der Waals surface area contributed by atoms with Crippen LogP contribution in [0.4, 0.5) is 18.9 Å².